The van der Waals surface area contributed by atoms with Gasteiger partial charge in [0.15, 0.2) is 11.5 Å². The highest BCUT2D eigenvalue weighted by atomic mass is 16.5. The third-order valence-electron chi connectivity index (χ3n) is 5.18. The summed E-state index contributed by atoms with van der Waals surface area (Å²) in [6, 6.07) is 7.48. The molecule has 1 saturated heterocycles. The van der Waals surface area contributed by atoms with E-state index in [1.54, 1.807) is 12.1 Å². The Bertz CT molecular complexity index is 1010. The summed E-state index contributed by atoms with van der Waals surface area (Å²) in [4.78, 5) is 39.0. The minimum absolute atomic E-state index is 0.0682. The number of ether oxygens (including phenoxy) is 3. The molecule has 1 fully saturated rings. The average Bonchev–Trinajstić information content (AvgIpc) is 3.05. The Morgan fingerprint density at radius 2 is 1.61 bits per heavy atom. The fourth-order valence-corrected chi connectivity index (χ4v) is 3.32. The summed E-state index contributed by atoms with van der Waals surface area (Å²) in [6.45, 7) is 3.87. The maximum atomic E-state index is 12.8. The highest BCUT2D eigenvalue weighted by Crippen LogP contribution is 2.38. The molecule has 3 rings (SSSR count). The number of anilines is 1. The van der Waals surface area contributed by atoms with Crippen LogP contribution in [-0.4, -0.2) is 45.1 Å². The van der Waals surface area contributed by atoms with Crippen LogP contribution in [0.25, 0.3) is 0 Å². The van der Waals surface area contributed by atoms with Crippen LogP contribution in [0.1, 0.15) is 27.9 Å². The van der Waals surface area contributed by atoms with E-state index in [9.17, 15) is 14.4 Å². The summed E-state index contributed by atoms with van der Waals surface area (Å²) in [6.07, 6.45) is -0.0682. The molecule has 2 N–H and O–H groups in total. The van der Waals surface area contributed by atoms with Crippen LogP contribution in [0.5, 0.6) is 17.2 Å². The van der Waals surface area contributed by atoms with Gasteiger partial charge < -0.3 is 14.2 Å². The summed E-state index contributed by atoms with van der Waals surface area (Å²) in [5.74, 6) is -0.300. The molecule has 2 aromatic rings. The van der Waals surface area contributed by atoms with Crippen LogP contribution in [0.4, 0.5) is 5.69 Å². The molecular weight excluding hydrogens is 402 g/mol. The summed E-state index contributed by atoms with van der Waals surface area (Å²) < 4.78 is 15.7. The molecule has 164 valence electrons. The highest BCUT2D eigenvalue weighted by Gasteiger charge is 2.39. The maximum Gasteiger partial charge on any atom is 0.265 e. The Balaban J connectivity index is 1.73. The molecule has 0 aromatic heterocycles. The van der Waals surface area contributed by atoms with Crippen LogP contribution in [0.3, 0.4) is 0 Å². The molecular formula is C22H25N3O6. The smallest absolute Gasteiger partial charge is 0.265 e. The van der Waals surface area contributed by atoms with Gasteiger partial charge in [0.05, 0.1) is 33.4 Å². The number of carbonyl (C=O) groups is 3. The number of hydrazine groups is 1. The van der Waals surface area contributed by atoms with Gasteiger partial charge in [0.25, 0.3) is 11.8 Å². The van der Waals surface area contributed by atoms with E-state index in [-0.39, 0.29) is 17.9 Å². The lowest BCUT2D eigenvalue weighted by atomic mass is 10.1. The normalized spacial score (nSPS) is 15.8. The molecule has 0 aliphatic carbocycles. The third-order valence-corrected chi connectivity index (χ3v) is 5.18. The van der Waals surface area contributed by atoms with Crippen molar-refractivity contribution in [3.63, 3.8) is 0 Å². The van der Waals surface area contributed by atoms with Crippen LogP contribution in [0.15, 0.2) is 30.3 Å². The topological polar surface area (TPSA) is 106 Å². The SMILES string of the molecule is COc1cc(C(=O)NNC2CC(=O)N(c3ccc(C)c(C)c3)C2=O)cc(OC)c1OC. The molecule has 0 radical (unpaired) electrons. The van der Waals surface area contributed by atoms with E-state index in [0.717, 1.165) is 16.0 Å². The number of nitrogens with zero attached hydrogens (tertiary/aromatic N) is 1. The van der Waals surface area contributed by atoms with Crippen molar-refractivity contribution in [3.05, 3.63) is 47.0 Å². The van der Waals surface area contributed by atoms with Gasteiger partial charge in [0.1, 0.15) is 6.04 Å². The number of rotatable bonds is 7. The molecule has 1 unspecified atom stereocenters. The van der Waals surface area contributed by atoms with Gasteiger partial charge in [-0.15, -0.1) is 0 Å². The van der Waals surface area contributed by atoms with Crippen molar-refractivity contribution in [1.82, 2.24) is 10.9 Å². The molecule has 31 heavy (non-hydrogen) atoms. The lowest BCUT2D eigenvalue weighted by Gasteiger charge is -2.17. The molecule has 9 heteroatoms. The summed E-state index contributed by atoms with van der Waals surface area (Å²) in [5, 5.41) is 0. The Hall–Kier alpha value is -3.59. The summed E-state index contributed by atoms with van der Waals surface area (Å²) >= 11 is 0. The molecule has 0 bridgehead atoms. The predicted octanol–water partition coefficient (Wildman–Crippen LogP) is 1.90. The van der Waals surface area contributed by atoms with Crippen molar-refractivity contribution >= 4 is 23.4 Å². The molecule has 1 heterocycles. The van der Waals surface area contributed by atoms with Gasteiger partial charge in [0, 0.05) is 5.56 Å². The standard InChI is InChI=1S/C22H25N3O6/c1-12-6-7-15(8-13(12)2)25-19(26)11-16(22(25)28)23-24-21(27)14-9-17(29-3)20(31-5)18(10-14)30-4/h6-10,16,23H,11H2,1-5H3,(H,24,27). The van der Waals surface area contributed by atoms with Crippen LogP contribution >= 0.6 is 0 Å². The van der Waals surface area contributed by atoms with Crippen molar-refractivity contribution in [2.75, 3.05) is 26.2 Å². The minimum Gasteiger partial charge on any atom is -0.493 e. The monoisotopic (exact) mass is 427 g/mol. The minimum atomic E-state index is -0.875. The number of carbonyl (C=O) groups excluding carboxylic acids is 3. The van der Waals surface area contributed by atoms with Gasteiger partial charge in [-0.1, -0.05) is 6.07 Å². The predicted molar refractivity (Wildman–Crippen MR) is 114 cm³/mol. The molecule has 3 amide bonds. The first-order chi connectivity index (χ1) is 14.8. The van der Waals surface area contributed by atoms with Gasteiger partial charge in [-0.3, -0.25) is 19.8 Å². The quantitative estimate of drug-likeness (QED) is 0.513. The molecule has 0 saturated carbocycles. The lowest BCUT2D eigenvalue weighted by molar-refractivity contribution is -0.121. The highest BCUT2D eigenvalue weighted by molar-refractivity contribution is 6.22. The molecule has 2 aromatic carbocycles. The molecule has 1 atom stereocenters. The Kier molecular flexibility index (Phi) is 6.45. The van der Waals surface area contributed by atoms with Crippen molar-refractivity contribution in [2.24, 2.45) is 0 Å². The third kappa shape index (κ3) is 4.31. The van der Waals surface area contributed by atoms with E-state index in [4.69, 9.17) is 14.2 Å². The second-order valence-electron chi connectivity index (χ2n) is 7.11. The number of aryl methyl sites for hydroxylation is 2. The van der Waals surface area contributed by atoms with Crippen LogP contribution in [-0.2, 0) is 9.59 Å². The number of imide groups is 1. The maximum absolute atomic E-state index is 12.8. The van der Waals surface area contributed by atoms with Gasteiger partial charge in [-0.05, 0) is 49.2 Å². The van der Waals surface area contributed by atoms with Crippen molar-refractivity contribution in [3.8, 4) is 17.2 Å². The Morgan fingerprint density at radius 1 is 0.968 bits per heavy atom. The Morgan fingerprint density at radius 3 is 2.16 bits per heavy atom. The number of hydrogen-bond acceptors (Lipinski definition) is 7. The second kappa shape index (κ2) is 9.05. The van der Waals surface area contributed by atoms with E-state index < -0.39 is 17.9 Å². The first-order valence-electron chi connectivity index (χ1n) is 9.60. The lowest BCUT2D eigenvalue weighted by Crippen LogP contribution is -2.48. The van der Waals surface area contributed by atoms with E-state index in [1.165, 1.54) is 33.5 Å². The average molecular weight is 427 g/mol. The van der Waals surface area contributed by atoms with Crippen molar-refractivity contribution < 1.29 is 28.6 Å². The van der Waals surface area contributed by atoms with E-state index in [1.807, 2.05) is 19.9 Å². The number of hydrogen-bond donors (Lipinski definition) is 2. The van der Waals surface area contributed by atoms with Gasteiger partial charge in [-0.2, -0.15) is 0 Å². The van der Waals surface area contributed by atoms with Gasteiger partial charge in [0.2, 0.25) is 11.7 Å². The fraction of sp³-hybridized carbons (Fsp3) is 0.318. The van der Waals surface area contributed by atoms with E-state index >= 15 is 0 Å². The number of benzene rings is 2. The fourth-order valence-electron chi connectivity index (χ4n) is 3.32. The number of amides is 3. The van der Waals surface area contributed by atoms with Crippen LogP contribution in [0.2, 0.25) is 0 Å². The van der Waals surface area contributed by atoms with Gasteiger partial charge >= 0.3 is 0 Å². The molecule has 1 aliphatic rings. The molecule has 1 aliphatic heterocycles. The van der Waals surface area contributed by atoms with Crippen LogP contribution < -0.4 is 30.0 Å². The van der Waals surface area contributed by atoms with Crippen molar-refractivity contribution in [1.29, 1.82) is 0 Å². The van der Waals surface area contributed by atoms with E-state index in [0.29, 0.717) is 22.9 Å². The second-order valence-corrected chi connectivity index (χ2v) is 7.11. The van der Waals surface area contributed by atoms with Crippen LogP contribution in [0, 0.1) is 13.8 Å². The molecule has 9 nitrogen and oxygen atoms in total. The first-order valence-corrected chi connectivity index (χ1v) is 9.60. The zero-order valence-corrected chi connectivity index (χ0v) is 18.1. The first kappa shape index (κ1) is 22.1. The Labute approximate surface area is 180 Å². The number of methoxy groups -OCH3 is 3. The van der Waals surface area contributed by atoms with E-state index in [2.05, 4.69) is 10.9 Å². The summed E-state index contributed by atoms with van der Waals surface area (Å²) in [7, 11) is 4.36. The molecule has 0 spiro atoms. The summed E-state index contributed by atoms with van der Waals surface area (Å²) in [5.41, 5.74) is 7.93. The zero-order chi connectivity index (χ0) is 22.7. The van der Waals surface area contributed by atoms with Crippen molar-refractivity contribution in [2.45, 2.75) is 26.3 Å². The van der Waals surface area contributed by atoms with Gasteiger partial charge in [-0.25, -0.2) is 10.3 Å². The number of nitrogens with one attached hydrogen (secondary N) is 2. The zero-order valence-electron chi connectivity index (χ0n) is 18.1. The largest absolute Gasteiger partial charge is 0.493 e.